The molecule has 0 saturated carbocycles. The molecule has 0 aromatic carbocycles. The molecule has 1 atom stereocenters. The Morgan fingerprint density at radius 2 is 2.38 bits per heavy atom. The van der Waals surface area contributed by atoms with Gasteiger partial charge in [-0.2, -0.15) is 0 Å². The van der Waals surface area contributed by atoms with E-state index < -0.39 is 17.9 Å². The van der Waals surface area contributed by atoms with Crippen LogP contribution < -0.4 is 0 Å². The number of carbonyl (C=O) groups excluding carboxylic acids is 1. The molecule has 0 radical (unpaired) electrons. The highest BCUT2D eigenvalue weighted by Crippen LogP contribution is 2.15. The van der Waals surface area contributed by atoms with Crippen molar-refractivity contribution in [2.45, 2.75) is 13.0 Å². The van der Waals surface area contributed by atoms with Gasteiger partial charge in [-0.25, -0.2) is 14.2 Å². The van der Waals surface area contributed by atoms with Crippen LogP contribution in [0.1, 0.15) is 17.3 Å². The number of halogens is 2. The monoisotopic (exact) mass is 247 g/mol. The maximum atomic E-state index is 12.8. The molecule has 88 valence electrons. The number of hydrogen-bond donors (Lipinski definition) is 0. The highest BCUT2D eigenvalue weighted by Gasteiger charge is 2.16. The number of ether oxygens (including phenoxy) is 2. The second-order valence-corrected chi connectivity index (χ2v) is 3.52. The van der Waals surface area contributed by atoms with E-state index in [1.54, 1.807) is 6.92 Å². The van der Waals surface area contributed by atoms with Crippen LogP contribution in [-0.2, 0) is 9.47 Å². The molecule has 1 aromatic rings. The third-order valence-electron chi connectivity index (χ3n) is 1.74. The molecule has 0 N–H and O–H groups in total. The first-order valence-corrected chi connectivity index (χ1v) is 4.93. The van der Waals surface area contributed by atoms with Crippen molar-refractivity contribution in [1.29, 1.82) is 0 Å². The number of methoxy groups -OCH3 is 1. The fourth-order valence-electron chi connectivity index (χ4n) is 1.08. The summed E-state index contributed by atoms with van der Waals surface area (Å²) in [6.45, 7) is 1.91. The van der Waals surface area contributed by atoms with E-state index in [4.69, 9.17) is 21.1 Å². The summed E-state index contributed by atoms with van der Waals surface area (Å²) in [4.78, 5) is 15.0. The predicted octanol–water partition coefficient (Wildman–Crippen LogP) is 2.07. The lowest BCUT2D eigenvalue weighted by Crippen LogP contribution is -2.20. The summed E-state index contributed by atoms with van der Waals surface area (Å²) in [5.41, 5.74) is -0.0929. The summed E-state index contributed by atoms with van der Waals surface area (Å²) in [6, 6.07) is 0.983. The Morgan fingerprint density at radius 3 is 3.00 bits per heavy atom. The summed E-state index contributed by atoms with van der Waals surface area (Å²) >= 11 is 5.64. The Hall–Kier alpha value is -1.20. The van der Waals surface area contributed by atoms with Gasteiger partial charge in [0.1, 0.15) is 17.1 Å². The molecule has 16 heavy (non-hydrogen) atoms. The minimum atomic E-state index is -0.721. The number of nitrogens with zero attached hydrogens (tertiary/aromatic N) is 1. The summed E-state index contributed by atoms with van der Waals surface area (Å²) in [7, 11) is 1.49. The van der Waals surface area contributed by atoms with Crippen molar-refractivity contribution in [2.75, 3.05) is 13.7 Å². The van der Waals surface area contributed by atoms with Gasteiger partial charge in [0.15, 0.2) is 0 Å². The van der Waals surface area contributed by atoms with E-state index in [2.05, 4.69) is 4.98 Å². The maximum absolute atomic E-state index is 12.8. The summed E-state index contributed by atoms with van der Waals surface area (Å²) in [5, 5.41) is -0.0870. The Balaban J connectivity index is 2.76. The lowest BCUT2D eigenvalue weighted by atomic mass is 10.3. The third-order valence-corrected chi connectivity index (χ3v) is 2.04. The Kier molecular flexibility index (Phi) is 4.64. The average Bonchev–Trinajstić information content (AvgIpc) is 2.21. The molecule has 0 bridgehead atoms. The minimum absolute atomic E-state index is 0.0870. The van der Waals surface area contributed by atoms with E-state index in [9.17, 15) is 9.18 Å². The first-order valence-electron chi connectivity index (χ1n) is 4.55. The van der Waals surface area contributed by atoms with E-state index in [0.717, 1.165) is 12.3 Å². The minimum Gasteiger partial charge on any atom is -0.457 e. The standard InChI is InChI=1S/C10H11ClFNO3/c1-6(5-15-2)16-10(14)8-3-7(12)4-13-9(8)11/h3-4,6H,5H2,1-2H3. The second kappa shape index (κ2) is 5.77. The molecule has 4 nitrogen and oxygen atoms in total. The third kappa shape index (κ3) is 3.43. The molecule has 1 aromatic heterocycles. The van der Waals surface area contributed by atoms with Gasteiger partial charge in [-0.3, -0.25) is 0 Å². The molecule has 0 aliphatic rings. The van der Waals surface area contributed by atoms with Gasteiger partial charge in [-0.15, -0.1) is 0 Å². The van der Waals surface area contributed by atoms with Crippen molar-refractivity contribution >= 4 is 17.6 Å². The van der Waals surface area contributed by atoms with Gasteiger partial charge in [0.25, 0.3) is 0 Å². The first-order chi connectivity index (χ1) is 7.54. The normalized spacial score (nSPS) is 12.2. The van der Waals surface area contributed by atoms with Crippen molar-refractivity contribution < 1.29 is 18.7 Å². The Morgan fingerprint density at radius 1 is 1.69 bits per heavy atom. The van der Waals surface area contributed by atoms with Crippen LogP contribution in [0, 0.1) is 5.82 Å². The zero-order valence-corrected chi connectivity index (χ0v) is 9.62. The molecule has 6 heteroatoms. The van der Waals surface area contributed by atoms with E-state index in [0.29, 0.717) is 0 Å². The van der Waals surface area contributed by atoms with Crippen LogP contribution in [0.25, 0.3) is 0 Å². The fourth-order valence-corrected chi connectivity index (χ4v) is 1.26. The van der Waals surface area contributed by atoms with Crippen molar-refractivity contribution in [3.8, 4) is 0 Å². The van der Waals surface area contributed by atoms with E-state index in [1.807, 2.05) is 0 Å². The van der Waals surface area contributed by atoms with Gasteiger partial charge in [-0.05, 0) is 13.0 Å². The summed E-state index contributed by atoms with van der Waals surface area (Å²) in [6.07, 6.45) is 0.495. The molecule has 0 saturated heterocycles. The van der Waals surface area contributed by atoms with Gasteiger partial charge in [-0.1, -0.05) is 11.6 Å². The zero-order valence-electron chi connectivity index (χ0n) is 8.87. The molecule has 1 heterocycles. The number of rotatable bonds is 4. The molecule has 0 aliphatic carbocycles. The predicted molar refractivity (Wildman–Crippen MR) is 56.0 cm³/mol. The average molecular weight is 248 g/mol. The number of esters is 1. The van der Waals surface area contributed by atoms with Gasteiger partial charge in [0.2, 0.25) is 0 Å². The van der Waals surface area contributed by atoms with Gasteiger partial charge < -0.3 is 9.47 Å². The van der Waals surface area contributed by atoms with Crippen LogP contribution in [0.15, 0.2) is 12.3 Å². The van der Waals surface area contributed by atoms with Gasteiger partial charge in [0.05, 0.1) is 18.4 Å². The van der Waals surface area contributed by atoms with E-state index in [-0.39, 0.29) is 17.3 Å². The number of hydrogen-bond acceptors (Lipinski definition) is 4. The summed E-state index contributed by atoms with van der Waals surface area (Å²) in [5.74, 6) is -1.36. The second-order valence-electron chi connectivity index (χ2n) is 3.16. The molecular weight excluding hydrogens is 237 g/mol. The number of aromatic nitrogens is 1. The van der Waals surface area contributed by atoms with E-state index in [1.165, 1.54) is 7.11 Å². The zero-order chi connectivity index (χ0) is 12.1. The lowest BCUT2D eigenvalue weighted by molar-refractivity contribution is 0.0119. The van der Waals surface area contributed by atoms with Crippen LogP contribution in [0.4, 0.5) is 4.39 Å². The maximum Gasteiger partial charge on any atom is 0.341 e. The van der Waals surface area contributed by atoms with Crippen LogP contribution >= 0.6 is 11.6 Å². The van der Waals surface area contributed by atoms with Crippen molar-refractivity contribution in [3.05, 3.63) is 28.8 Å². The Labute approximate surface area is 97.3 Å². The molecule has 0 amide bonds. The van der Waals surface area contributed by atoms with E-state index >= 15 is 0 Å². The van der Waals surface area contributed by atoms with Crippen LogP contribution in [0.3, 0.4) is 0 Å². The SMILES string of the molecule is COCC(C)OC(=O)c1cc(F)cnc1Cl. The van der Waals surface area contributed by atoms with Crippen LogP contribution in [0.2, 0.25) is 5.15 Å². The fraction of sp³-hybridized carbons (Fsp3) is 0.400. The molecule has 0 spiro atoms. The van der Waals surface area contributed by atoms with Crippen molar-refractivity contribution in [2.24, 2.45) is 0 Å². The smallest absolute Gasteiger partial charge is 0.341 e. The first kappa shape index (κ1) is 12.9. The molecule has 1 unspecified atom stereocenters. The van der Waals surface area contributed by atoms with Crippen molar-refractivity contribution in [1.82, 2.24) is 4.98 Å². The molecular formula is C10H11ClFNO3. The quantitative estimate of drug-likeness (QED) is 0.604. The van der Waals surface area contributed by atoms with Crippen molar-refractivity contribution in [3.63, 3.8) is 0 Å². The lowest BCUT2D eigenvalue weighted by Gasteiger charge is -2.12. The van der Waals surface area contributed by atoms with Gasteiger partial charge >= 0.3 is 5.97 Å². The number of carbonyl (C=O) groups is 1. The molecule has 0 aliphatic heterocycles. The molecule has 1 rings (SSSR count). The van der Waals surface area contributed by atoms with Crippen LogP contribution in [0.5, 0.6) is 0 Å². The molecule has 0 fully saturated rings. The van der Waals surface area contributed by atoms with Crippen LogP contribution in [-0.4, -0.2) is 30.8 Å². The Bertz CT molecular complexity index is 386. The van der Waals surface area contributed by atoms with Gasteiger partial charge in [0, 0.05) is 7.11 Å². The summed E-state index contributed by atoms with van der Waals surface area (Å²) < 4.78 is 22.6. The number of pyridine rings is 1. The highest BCUT2D eigenvalue weighted by atomic mass is 35.5. The topological polar surface area (TPSA) is 48.4 Å². The highest BCUT2D eigenvalue weighted by molar-refractivity contribution is 6.32. The largest absolute Gasteiger partial charge is 0.457 e.